The van der Waals surface area contributed by atoms with Crippen LogP contribution >= 0.6 is 0 Å². The van der Waals surface area contributed by atoms with Crippen LogP contribution in [0.25, 0.3) is 5.69 Å². The Morgan fingerprint density at radius 3 is 2.84 bits per heavy atom. The molecule has 0 bridgehead atoms. The number of hydrogen-bond acceptors (Lipinski definition) is 5. The van der Waals surface area contributed by atoms with E-state index in [1.165, 1.54) is 0 Å². The van der Waals surface area contributed by atoms with Crippen LogP contribution in [0, 0.1) is 0 Å². The Hall–Kier alpha value is -2.37. The van der Waals surface area contributed by atoms with Crippen LogP contribution < -0.4 is 5.32 Å². The topological polar surface area (TPSA) is 58.3 Å². The minimum absolute atomic E-state index is 0.609. The van der Waals surface area contributed by atoms with Gasteiger partial charge in [0.15, 0.2) is 11.8 Å². The molecule has 0 spiro atoms. The molecule has 2 aromatic rings. The summed E-state index contributed by atoms with van der Waals surface area (Å²) in [7, 11) is 2.03. The van der Waals surface area contributed by atoms with E-state index in [-0.39, 0.29) is 0 Å². The molecule has 0 radical (unpaired) electrons. The van der Waals surface area contributed by atoms with E-state index in [2.05, 4.69) is 25.3 Å². The van der Waals surface area contributed by atoms with Crippen LogP contribution in [0.15, 0.2) is 41.7 Å². The van der Waals surface area contributed by atoms with Crippen LogP contribution in [0.5, 0.6) is 0 Å². The molecule has 2 heterocycles. The van der Waals surface area contributed by atoms with Gasteiger partial charge in [-0.15, -0.1) is 0 Å². The highest BCUT2D eigenvalue weighted by molar-refractivity contribution is 5.81. The third-order valence-corrected chi connectivity index (χ3v) is 3.08. The highest BCUT2D eigenvalue weighted by atomic mass is 15.4. The van der Waals surface area contributed by atoms with E-state index in [0.717, 1.165) is 30.6 Å². The number of benzene rings is 1. The lowest BCUT2D eigenvalue weighted by Gasteiger charge is -2.15. The maximum absolute atomic E-state index is 4.39. The molecule has 1 aliphatic rings. The Morgan fingerprint density at radius 1 is 1.26 bits per heavy atom. The van der Waals surface area contributed by atoms with Crippen LogP contribution in [-0.4, -0.2) is 45.8 Å². The molecule has 0 atom stereocenters. The van der Waals surface area contributed by atoms with Gasteiger partial charge in [-0.05, 0) is 12.1 Å². The zero-order chi connectivity index (χ0) is 13.1. The molecule has 98 valence electrons. The van der Waals surface area contributed by atoms with Crippen molar-refractivity contribution >= 4 is 5.96 Å². The van der Waals surface area contributed by atoms with Gasteiger partial charge in [-0.1, -0.05) is 18.2 Å². The molecule has 6 heteroatoms. The summed E-state index contributed by atoms with van der Waals surface area (Å²) >= 11 is 0. The van der Waals surface area contributed by atoms with Crippen molar-refractivity contribution in [3.05, 3.63) is 42.5 Å². The van der Waals surface area contributed by atoms with E-state index in [1.54, 1.807) is 6.33 Å². The Kier molecular flexibility index (Phi) is 3.14. The summed E-state index contributed by atoms with van der Waals surface area (Å²) in [5, 5.41) is 7.56. The van der Waals surface area contributed by atoms with Crippen molar-refractivity contribution in [2.75, 3.05) is 20.1 Å². The molecule has 0 saturated heterocycles. The molecular weight excluding hydrogens is 240 g/mol. The summed E-state index contributed by atoms with van der Waals surface area (Å²) < 4.78 is 1.84. The van der Waals surface area contributed by atoms with Gasteiger partial charge >= 0.3 is 0 Å². The van der Waals surface area contributed by atoms with Crippen LogP contribution in [-0.2, 0) is 6.54 Å². The third-order valence-electron chi connectivity index (χ3n) is 3.08. The van der Waals surface area contributed by atoms with E-state index in [1.807, 2.05) is 42.1 Å². The largest absolute Gasteiger partial charge is 0.349 e. The fourth-order valence-electron chi connectivity index (χ4n) is 2.05. The molecule has 0 fully saturated rings. The Bertz CT molecular complexity index is 574. The Balaban J connectivity index is 1.74. The number of guanidine groups is 1. The molecule has 1 aromatic carbocycles. The van der Waals surface area contributed by atoms with Gasteiger partial charge in [-0.25, -0.2) is 9.67 Å². The van der Waals surface area contributed by atoms with Gasteiger partial charge in [0, 0.05) is 13.6 Å². The number of likely N-dealkylation sites (N-methyl/N-ethyl adjacent to an activating group) is 1. The van der Waals surface area contributed by atoms with Gasteiger partial charge in [0.2, 0.25) is 0 Å². The summed E-state index contributed by atoms with van der Waals surface area (Å²) in [4.78, 5) is 10.8. The zero-order valence-corrected chi connectivity index (χ0v) is 10.8. The number of nitrogens with zero attached hydrogens (tertiary/aromatic N) is 5. The molecule has 0 aliphatic carbocycles. The third kappa shape index (κ3) is 2.42. The lowest BCUT2D eigenvalue weighted by atomic mass is 10.3. The number of hydrogen-bond donors (Lipinski definition) is 1. The van der Waals surface area contributed by atoms with Crippen molar-refractivity contribution < 1.29 is 0 Å². The molecule has 0 unspecified atom stereocenters. The fourth-order valence-corrected chi connectivity index (χ4v) is 2.05. The van der Waals surface area contributed by atoms with Crippen LogP contribution in [0.1, 0.15) is 5.82 Å². The predicted octanol–water partition coefficient (Wildman–Crippen LogP) is 0.658. The lowest BCUT2D eigenvalue weighted by molar-refractivity contribution is 0.531. The quantitative estimate of drug-likeness (QED) is 0.876. The van der Waals surface area contributed by atoms with Crippen molar-refractivity contribution in [1.82, 2.24) is 25.0 Å². The molecule has 1 N–H and O–H groups in total. The minimum atomic E-state index is 0.609. The molecule has 19 heavy (non-hydrogen) atoms. The molecule has 1 aliphatic heterocycles. The monoisotopic (exact) mass is 256 g/mol. The second-order valence-corrected chi connectivity index (χ2v) is 4.40. The van der Waals surface area contributed by atoms with Gasteiger partial charge in [-0.2, -0.15) is 5.10 Å². The first kappa shape index (κ1) is 11.7. The Labute approximate surface area is 111 Å². The summed E-state index contributed by atoms with van der Waals surface area (Å²) in [5.41, 5.74) is 1.01. The first-order valence-electron chi connectivity index (χ1n) is 6.28. The van der Waals surface area contributed by atoms with Crippen LogP contribution in [0.4, 0.5) is 0 Å². The standard InChI is InChI=1S/C13H16N6/c1-18-8-7-14-13(18)15-9-12-16-10-17-19(12)11-5-3-2-4-6-11/h2-6,10H,7-9H2,1H3,(H,14,15). The molecular formula is C13H16N6. The minimum Gasteiger partial charge on any atom is -0.349 e. The number of rotatable bonds is 3. The van der Waals surface area contributed by atoms with Crippen molar-refractivity contribution in [2.45, 2.75) is 6.54 Å². The zero-order valence-electron chi connectivity index (χ0n) is 10.8. The molecule has 3 rings (SSSR count). The number of aliphatic imine (C=N–C) groups is 1. The number of aromatic nitrogens is 3. The van der Waals surface area contributed by atoms with Crippen molar-refractivity contribution in [3.8, 4) is 5.69 Å². The van der Waals surface area contributed by atoms with E-state index in [0.29, 0.717) is 6.54 Å². The average molecular weight is 256 g/mol. The summed E-state index contributed by atoms with van der Waals surface area (Å²) in [5.74, 6) is 1.79. The van der Waals surface area contributed by atoms with Gasteiger partial charge < -0.3 is 10.2 Å². The van der Waals surface area contributed by atoms with Crippen LogP contribution in [0.2, 0.25) is 0 Å². The van der Waals surface area contributed by atoms with Gasteiger partial charge in [0.1, 0.15) is 6.33 Å². The van der Waals surface area contributed by atoms with Crippen molar-refractivity contribution in [3.63, 3.8) is 0 Å². The lowest BCUT2D eigenvalue weighted by Crippen LogP contribution is -2.35. The molecule has 6 nitrogen and oxygen atoms in total. The maximum atomic E-state index is 4.39. The Morgan fingerprint density at radius 2 is 2.11 bits per heavy atom. The SMILES string of the molecule is CN1CCN=C1NCc1ncnn1-c1ccccc1. The average Bonchev–Trinajstić information content (AvgIpc) is 3.06. The van der Waals surface area contributed by atoms with Crippen molar-refractivity contribution in [1.29, 1.82) is 0 Å². The predicted molar refractivity (Wildman–Crippen MR) is 73.1 cm³/mol. The highest BCUT2D eigenvalue weighted by Gasteiger charge is 2.13. The van der Waals surface area contributed by atoms with E-state index >= 15 is 0 Å². The summed E-state index contributed by atoms with van der Waals surface area (Å²) in [6.07, 6.45) is 1.57. The van der Waals surface area contributed by atoms with Crippen LogP contribution in [0.3, 0.4) is 0 Å². The van der Waals surface area contributed by atoms with Gasteiger partial charge in [-0.3, -0.25) is 4.99 Å². The van der Waals surface area contributed by atoms with E-state index in [4.69, 9.17) is 0 Å². The molecule has 0 saturated carbocycles. The first-order valence-corrected chi connectivity index (χ1v) is 6.28. The maximum Gasteiger partial charge on any atom is 0.194 e. The summed E-state index contributed by atoms with van der Waals surface area (Å²) in [6, 6.07) is 9.99. The second-order valence-electron chi connectivity index (χ2n) is 4.40. The van der Waals surface area contributed by atoms with Crippen molar-refractivity contribution in [2.24, 2.45) is 4.99 Å². The van der Waals surface area contributed by atoms with E-state index < -0.39 is 0 Å². The van der Waals surface area contributed by atoms with E-state index in [9.17, 15) is 0 Å². The van der Waals surface area contributed by atoms with Gasteiger partial charge in [0.05, 0.1) is 18.8 Å². The number of nitrogens with one attached hydrogen (secondary N) is 1. The number of para-hydroxylation sites is 1. The normalized spacial score (nSPS) is 14.6. The molecule has 1 aromatic heterocycles. The smallest absolute Gasteiger partial charge is 0.194 e. The molecule has 0 amide bonds. The first-order chi connectivity index (χ1) is 9.34. The van der Waals surface area contributed by atoms with Gasteiger partial charge in [0.25, 0.3) is 0 Å². The second kappa shape index (κ2) is 5.09. The fraction of sp³-hybridized carbons (Fsp3) is 0.308. The highest BCUT2D eigenvalue weighted by Crippen LogP contribution is 2.07. The summed E-state index contributed by atoms with van der Waals surface area (Å²) in [6.45, 7) is 2.43.